The van der Waals surface area contributed by atoms with E-state index in [-0.39, 0.29) is 17.8 Å². The molecule has 1 rings (SSSR count). The molecule has 108 valence electrons. The molecule has 0 fully saturated rings. The number of carbonyl (C=O) groups excluding carboxylic acids is 1. The van der Waals surface area contributed by atoms with Crippen LogP contribution in [0.5, 0.6) is 0 Å². The quantitative estimate of drug-likeness (QED) is 0.708. The van der Waals surface area contributed by atoms with E-state index < -0.39 is 0 Å². The van der Waals surface area contributed by atoms with Crippen LogP contribution in [0.15, 0.2) is 0 Å². The SMILES string of the molecule is COC(C)CNC(=O)c1sc(NCC(C)C)nc1N. The zero-order valence-corrected chi connectivity index (χ0v) is 12.6. The molecule has 4 N–H and O–H groups in total. The van der Waals surface area contributed by atoms with Crippen LogP contribution in [0, 0.1) is 5.92 Å². The van der Waals surface area contributed by atoms with Crippen molar-refractivity contribution in [2.45, 2.75) is 26.9 Å². The Labute approximate surface area is 117 Å². The van der Waals surface area contributed by atoms with Gasteiger partial charge in [0.2, 0.25) is 0 Å². The fourth-order valence-electron chi connectivity index (χ4n) is 1.26. The molecule has 0 radical (unpaired) electrons. The van der Waals surface area contributed by atoms with Gasteiger partial charge in [-0.3, -0.25) is 4.79 Å². The Bertz CT molecular complexity index is 420. The number of nitrogens with one attached hydrogen (secondary N) is 2. The molecular weight excluding hydrogens is 264 g/mol. The van der Waals surface area contributed by atoms with Gasteiger partial charge in [-0.15, -0.1) is 0 Å². The van der Waals surface area contributed by atoms with Crippen LogP contribution in [-0.2, 0) is 4.74 Å². The summed E-state index contributed by atoms with van der Waals surface area (Å²) in [4.78, 5) is 16.5. The Hall–Kier alpha value is -1.34. The van der Waals surface area contributed by atoms with E-state index in [1.165, 1.54) is 11.3 Å². The highest BCUT2D eigenvalue weighted by molar-refractivity contribution is 7.18. The van der Waals surface area contributed by atoms with Crippen molar-refractivity contribution in [2.75, 3.05) is 31.2 Å². The third-order valence-electron chi connectivity index (χ3n) is 2.47. The molecule has 1 aromatic heterocycles. The summed E-state index contributed by atoms with van der Waals surface area (Å²) in [5.41, 5.74) is 5.75. The predicted molar refractivity (Wildman–Crippen MR) is 78.7 cm³/mol. The van der Waals surface area contributed by atoms with E-state index in [4.69, 9.17) is 10.5 Å². The molecule has 1 aromatic rings. The number of thiazole rings is 1. The summed E-state index contributed by atoms with van der Waals surface area (Å²) >= 11 is 1.27. The normalized spacial score (nSPS) is 12.5. The number of nitrogen functional groups attached to an aromatic ring is 1. The molecule has 6 nitrogen and oxygen atoms in total. The van der Waals surface area contributed by atoms with E-state index in [9.17, 15) is 4.79 Å². The second-order valence-electron chi connectivity index (χ2n) is 4.76. The molecule has 7 heteroatoms. The van der Waals surface area contributed by atoms with Crippen LogP contribution in [-0.4, -0.2) is 37.2 Å². The third kappa shape index (κ3) is 5.04. The summed E-state index contributed by atoms with van der Waals surface area (Å²) in [6, 6.07) is 0. The highest BCUT2D eigenvalue weighted by Crippen LogP contribution is 2.24. The molecule has 0 bridgehead atoms. The largest absolute Gasteiger partial charge is 0.382 e. The molecule has 1 amide bonds. The number of hydrogen-bond acceptors (Lipinski definition) is 6. The van der Waals surface area contributed by atoms with Crippen molar-refractivity contribution in [3.63, 3.8) is 0 Å². The second kappa shape index (κ2) is 7.30. The minimum atomic E-state index is -0.212. The highest BCUT2D eigenvalue weighted by atomic mass is 32.1. The lowest BCUT2D eigenvalue weighted by Crippen LogP contribution is -2.31. The van der Waals surface area contributed by atoms with E-state index in [0.717, 1.165) is 6.54 Å². The standard InChI is InChI=1S/C12H22N4O2S/c1-7(2)5-15-12-16-10(13)9(19-12)11(17)14-6-8(3)18-4/h7-8H,5-6,13H2,1-4H3,(H,14,17)(H,15,16). The molecule has 0 saturated carbocycles. The molecule has 1 heterocycles. The fraction of sp³-hybridized carbons (Fsp3) is 0.667. The average molecular weight is 286 g/mol. The van der Waals surface area contributed by atoms with E-state index in [1.807, 2.05) is 6.92 Å². The summed E-state index contributed by atoms with van der Waals surface area (Å²) in [5, 5.41) is 6.60. The van der Waals surface area contributed by atoms with Crippen molar-refractivity contribution in [3.8, 4) is 0 Å². The van der Waals surface area contributed by atoms with Gasteiger partial charge in [0.25, 0.3) is 5.91 Å². The number of methoxy groups -OCH3 is 1. The van der Waals surface area contributed by atoms with Crippen LogP contribution < -0.4 is 16.4 Å². The Balaban J connectivity index is 2.59. The predicted octanol–water partition coefficient (Wildman–Crippen LogP) is 1.56. The van der Waals surface area contributed by atoms with Crippen molar-refractivity contribution in [3.05, 3.63) is 4.88 Å². The van der Waals surface area contributed by atoms with Crippen LogP contribution >= 0.6 is 11.3 Å². The zero-order valence-electron chi connectivity index (χ0n) is 11.8. The number of rotatable bonds is 7. The summed E-state index contributed by atoms with van der Waals surface area (Å²) in [7, 11) is 1.60. The zero-order chi connectivity index (χ0) is 14.4. The molecule has 19 heavy (non-hydrogen) atoms. The lowest BCUT2D eigenvalue weighted by Gasteiger charge is -2.09. The van der Waals surface area contributed by atoms with Gasteiger partial charge in [-0.1, -0.05) is 25.2 Å². The lowest BCUT2D eigenvalue weighted by molar-refractivity contribution is 0.0874. The van der Waals surface area contributed by atoms with Gasteiger partial charge in [0.05, 0.1) is 6.10 Å². The molecular formula is C12H22N4O2S. The number of nitrogens with two attached hydrogens (primary N) is 1. The number of aromatic nitrogens is 1. The molecule has 1 unspecified atom stereocenters. The number of ether oxygens (including phenoxy) is 1. The monoisotopic (exact) mass is 286 g/mol. The van der Waals surface area contributed by atoms with Gasteiger partial charge in [0, 0.05) is 20.2 Å². The molecule has 0 aliphatic heterocycles. The summed E-state index contributed by atoms with van der Waals surface area (Å²) in [5.74, 6) is 0.556. The second-order valence-corrected chi connectivity index (χ2v) is 5.76. The van der Waals surface area contributed by atoms with E-state index in [0.29, 0.717) is 22.5 Å². The number of anilines is 2. The Morgan fingerprint density at radius 2 is 2.11 bits per heavy atom. The van der Waals surface area contributed by atoms with Gasteiger partial charge in [-0.2, -0.15) is 0 Å². The maximum absolute atomic E-state index is 11.9. The minimum absolute atomic E-state index is 0.0309. The van der Waals surface area contributed by atoms with Crippen LogP contribution in [0.3, 0.4) is 0 Å². The Kier molecular flexibility index (Phi) is 6.04. The first-order valence-electron chi connectivity index (χ1n) is 6.25. The number of hydrogen-bond donors (Lipinski definition) is 3. The fourth-order valence-corrected chi connectivity index (χ4v) is 2.07. The summed E-state index contributed by atoms with van der Waals surface area (Å²) < 4.78 is 5.07. The van der Waals surface area contributed by atoms with Crippen LogP contribution in [0.25, 0.3) is 0 Å². The van der Waals surface area contributed by atoms with Crippen molar-refractivity contribution >= 4 is 28.2 Å². The van der Waals surface area contributed by atoms with Gasteiger partial charge in [-0.25, -0.2) is 4.98 Å². The van der Waals surface area contributed by atoms with Gasteiger partial charge in [-0.05, 0) is 12.8 Å². The third-order valence-corrected chi connectivity index (χ3v) is 3.50. The molecule has 0 saturated heterocycles. The molecule has 0 aliphatic rings. The van der Waals surface area contributed by atoms with Crippen molar-refractivity contribution < 1.29 is 9.53 Å². The number of amides is 1. The van der Waals surface area contributed by atoms with Gasteiger partial charge < -0.3 is 21.1 Å². The van der Waals surface area contributed by atoms with E-state index in [2.05, 4.69) is 29.5 Å². The number of carbonyl (C=O) groups is 1. The van der Waals surface area contributed by atoms with Gasteiger partial charge in [0.15, 0.2) is 5.13 Å². The van der Waals surface area contributed by atoms with Gasteiger partial charge in [0.1, 0.15) is 10.7 Å². The summed E-state index contributed by atoms with van der Waals surface area (Å²) in [6.07, 6.45) is -0.0309. The lowest BCUT2D eigenvalue weighted by atomic mass is 10.2. The van der Waals surface area contributed by atoms with Crippen molar-refractivity contribution in [1.82, 2.24) is 10.3 Å². The van der Waals surface area contributed by atoms with E-state index >= 15 is 0 Å². The van der Waals surface area contributed by atoms with Crippen LogP contribution in [0.2, 0.25) is 0 Å². The first-order chi connectivity index (χ1) is 8.93. The van der Waals surface area contributed by atoms with Gasteiger partial charge >= 0.3 is 0 Å². The smallest absolute Gasteiger partial charge is 0.265 e. The van der Waals surface area contributed by atoms with Crippen molar-refractivity contribution in [1.29, 1.82) is 0 Å². The first kappa shape index (κ1) is 15.7. The first-order valence-corrected chi connectivity index (χ1v) is 7.06. The topological polar surface area (TPSA) is 89.3 Å². The summed E-state index contributed by atoms with van der Waals surface area (Å²) in [6.45, 7) is 7.33. The minimum Gasteiger partial charge on any atom is -0.382 e. The maximum Gasteiger partial charge on any atom is 0.265 e. The molecule has 0 spiro atoms. The molecule has 0 aromatic carbocycles. The Morgan fingerprint density at radius 3 is 2.68 bits per heavy atom. The van der Waals surface area contributed by atoms with E-state index in [1.54, 1.807) is 7.11 Å². The molecule has 0 aliphatic carbocycles. The van der Waals surface area contributed by atoms with Crippen LogP contribution in [0.4, 0.5) is 10.9 Å². The molecule has 1 atom stereocenters. The van der Waals surface area contributed by atoms with Crippen molar-refractivity contribution in [2.24, 2.45) is 5.92 Å². The van der Waals surface area contributed by atoms with Crippen LogP contribution in [0.1, 0.15) is 30.4 Å². The average Bonchev–Trinajstić information content (AvgIpc) is 2.74. The number of nitrogens with zero attached hydrogens (tertiary/aromatic N) is 1. The highest BCUT2D eigenvalue weighted by Gasteiger charge is 2.16. The Morgan fingerprint density at radius 1 is 1.42 bits per heavy atom. The maximum atomic E-state index is 11.9.